The minimum absolute atomic E-state index is 0.130. The summed E-state index contributed by atoms with van der Waals surface area (Å²) < 4.78 is 5.80. The van der Waals surface area contributed by atoms with Crippen molar-refractivity contribution in [2.24, 2.45) is 0 Å². The Kier molecular flexibility index (Phi) is 7.25. The summed E-state index contributed by atoms with van der Waals surface area (Å²) in [5.74, 6) is 0.411. The second-order valence-electron chi connectivity index (χ2n) is 8.22. The molecule has 1 aliphatic rings. The molecule has 0 aromatic heterocycles. The van der Waals surface area contributed by atoms with Crippen LogP contribution in [0.2, 0.25) is 5.02 Å². The Bertz CT molecular complexity index is 1140. The van der Waals surface area contributed by atoms with Crippen LogP contribution in [0.4, 0.5) is 11.4 Å². The van der Waals surface area contributed by atoms with Gasteiger partial charge in [-0.05, 0) is 81.4 Å². The number of ether oxygens (including phenoxy) is 1. The van der Waals surface area contributed by atoms with Crippen molar-refractivity contribution in [3.8, 4) is 11.8 Å². The highest BCUT2D eigenvalue weighted by Crippen LogP contribution is 2.37. The van der Waals surface area contributed by atoms with Gasteiger partial charge in [-0.3, -0.25) is 14.5 Å². The smallest absolute Gasteiger partial charge is 0.258 e. The van der Waals surface area contributed by atoms with Crippen molar-refractivity contribution in [1.29, 1.82) is 5.26 Å². The van der Waals surface area contributed by atoms with E-state index in [9.17, 15) is 14.9 Å². The molecular weight excluding hydrogens is 460 g/mol. The van der Waals surface area contributed by atoms with Crippen LogP contribution in [0, 0.1) is 18.3 Å². The van der Waals surface area contributed by atoms with E-state index in [1.807, 2.05) is 24.8 Å². The first-order valence-electron chi connectivity index (χ1n) is 10.4. The van der Waals surface area contributed by atoms with Crippen LogP contribution < -0.4 is 15.0 Å². The van der Waals surface area contributed by atoms with E-state index in [0.717, 1.165) is 0 Å². The van der Waals surface area contributed by atoms with Crippen LogP contribution in [0.1, 0.15) is 38.3 Å². The molecule has 7 nitrogen and oxygen atoms in total. The van der Waals surface area contributed by atoms with Gasteiger partial charge >= 0.3 is 0 Å². The van der Waals surface area contributed by atoms with Crippen LogP contribution >= 0.6 is 23.8 Å². The highest BCUT2D eigenvalue weighted by Gasteiger charge is 2.49. The number of nitrogens with zero attached hydrogens (tertiary/aromatic N) is 3. The number of carbonyl (C=O) groups is 2. The number of nitrogens with one attached hydrogen (secondary N) is 1. The molecule has 2 aromatic carbocycles. The Morgan fingerprint density at radius 2 is 1.91 bits per heavy atom. The molecule has 1 fully saturated rings. The molecule has 0 atom stereocenters. The zero-order valence-electron chi connectivity index (χ0n) is 18.9. The lowest BCUT2D eigenvalue weighted by Crippen LogP contribution is -2.44. The van der Waals surface area contributed by atoms with Crippen molar-refractivity contribution in [2.45, 2.75) is 39.7 Å². The molecule has 0 aliphatic carbocycles. The Morgan fingerprint density at radius 1 is 1.24 bits per heavy atom. The van der Waals surface area contributed by atoms with Crippen LogP contribution in [0.3, 0.4) is 0 Å². The third kappa shape index (κ3) is 4.95. The van der Waals surface area contributed by atoms with Gasteiger partial charge in [0, 0.05) is 19.2 Å². The maximum absolute atomic E-state index is 13.3. The zero-order chi connectivity index (χ0) is 24.3. The topological polar surface area (TPSA) is 85.7 Å². The van der Waals surface area contributed by atoms with Crippen LogP contribution in [0.5, 0.6) is 5.75 Å². The fourth-order valence-electron chi connectivity index (χ4n) is 3.68. The Morgan fingerprint density at radius 3 is 2.52 bits per heavy atom. The van der Waals surface area contributed by atoms with E-state index in [1.54, 1.807) is 43.3 Å². The van der Waals surface area contributed by atoms with Gasteiger partial charge in [-0.15, -0.1) is 0 Å². The third-order valence-corrected chi connectivity index (χ3v) is 6.40. The summed E-state index contributed by atoms with van der Waals surface area (Å²) in [6.07, 6.45) is 0.644. The molecule has 3 rings (SSSR count). The van der Waals surface area contributed by atoms with Gasteiger partial charge in [0.1, 0.15) is 17.4 Å². The Balaban J connectivity index is 1.66. The van der Waals surface area contributed by atoms with Crippen LogP contribution in [-0.4, -0.2) is 40.5 Å². The molecule has 1 heterocycles. The number of halogens is 1. The molecule has 9 heteroatoms. The summed E-state index contributed by atoms with van der Waals surface area (Å²) in [5.41, 5.74) is 1.45. The average molecular weight is 485 g/mol. The van der Waals surface area contributed by atoms with Gasteiger partial charge < -0.3 is 15.0 Å². The lowest BCUT2D eigenvalue weighted by Gasteiger charge is -2.29. The van der Waals surface area contributed by atoms with Gasteiger partial charge in [-0.1, -0.05) is 11.6 Å². The predicted octanol–water partition coefficient (Wildman–Crippen LogP) is 4.66. The molecule has 0 spiro atoms. The van der Waals surface area contributed by atoms with E-state index >= 15 is 0 Å². The van der Waals surface area contributed by atoms with Crippen molar-refractivity contribution in [2.75, 3.05) is 23.4 Å². The van der Waals surface area contributed by atoms with Crippen molar-refractivity contribution in [3.63, 3.8) is 0 Å². The number of anilines is 2. The summed E-state index contributed by atoms with van der Waals surface area (Å²) >= 11 is 12.0. The highest BCUT2D eigenvalue weighted by molar-refractivity contribution is 7.80. The average Bonchev–Trinajstić information content (AvgIpc) is 2.93. The predicted molar refractivity (Wildman–Crippen MR) is 133 cm³/mol. The number of amides is 2. The van der Waals surface area contributed by atoms with Crippen molar-refractivity contribution < 1.29 is 14.3 Å². The summed E-state index contributed by atoms with van der Waals surface area (Å²) in [6.45, 7) is 7.87. The molecule has 172 valence electrons. The van der Waals surface area contributed by atoms with E-state index in [1.165, 1.54) is 11.8 Å². The first-order valence-corrected chi connectivity index (χ1v) is 11.2. The largest absolute Gasteiger partial charge is 0.494 e. The summed E-state index contributed by atoms with van der Waals surface area (Å²) in [6, 6.07) is 12.5. The Labute approximate surface area is 203 Å². The van der Waals surface area contributed by atoms with Gasteiger partial charge in [0.25, 0.3) is 5.91 Å². The van der Waals surface area contributed by atoms with Gasteiger partial charge in [0.15, 0.2) is 5.11 Å². The first kappa shape index (κ1) is 24.5. The lowest BCUT2D eigenvalue weighted by molar-refractivity contribution is -0.123. The number of rotatable bonds is 7. The monoisotopic (exact) mass is 484 g/mol. The van der Waals surface area contributed by atoms with Crippen LogP contribution in [0.25, 0.3) is 0 Å². The maximum Gasteiger partial charge on any atom is 0.258 e. The SMILES string of the molecule is CC(=O)Nc1ccc(OCCCN2C(=S)N(c3ccc(C#N)c(Cl)c3C)C(=O)C2(C)C)cc1. The van der Waals surface area contributed by atoms with Crippen molar-refractivity contribution >= 4 is 52.1 Å². The van der Waals surface area contributed by atoms with Gasteiger partial charge in [0.05, 0.1) is 22.9 Å². The number of thiocarbonyl (C=S) groups is 1. The zero-order valence-corrected chi connectivity index (χ0v) is 20.5. The number of hydrogen-bond acceptors (Lipinski definition) is 5. The molecule has 33 heavy (non-hydrogen) atoms. The van der Waals surface area contributed by atoms with Crippen molar-refractivity contribution in [1.82, 2.24) is 4.90 Å². The number of carbonyl (C=O) groups excluding carboxylic acids is 2. The van der Waals surface area contributed by atoms with Gasteiger partial charge in [-0.25, -0.2) is 0 Å². The van der Waals surface area contributed by atoms with Crippen LogP contribution in [0.15, 0.2) is 36.4 Å². The molecule has 0 unspecified atom stereocenters. The maximum atomic E-state index is 13.3. The minimum Gasteiger partial charge on any atom is -0.494 e. The fraction of sp³-hybridized carbons (Fsp3) is 0.333. The molecule has 1 aliphatic heterocycles. The van der Waals surface area contributed by atoms with Crippen molar-refractivity contribution in [3.05, 3.63) is 52.5 Å². The lowest BCUT2D eigenvalue weighted by atomic mass is 10.0. The van der Waals surface area contributed by atoms with E-state index in [0.29, 0.717) is 58.0 Å². The molecule has 0 saturated carbocycles. The summed E-state index contributed by atoms with van der Waals surface area (Å²) in [7, 11) is 0. The van der Waals surface area contributed by atoms with Gasteiger partial charge in [-0.2, -0.15) is 5.26 Å². The minimum atomic E-state index is -0.829. The first-order chi connectivity index (χ1) is 15.6. The number of hydrogen-bond donors (Lipinski definition) is 1. The second kappa shape index (κ2) is 9.77. The molecule has 1 N–H and O–H groups in total. The standard InChI is InChI=1S/C24H25ClN4O3S/c1-15-20(11-6-17(14-26)21(15)25)29-22(31)24(3,4)28(23(29)33)12-5-13-32-19-9-7-18(8-10-19)27-16(2)30/h6-11H,5,12-13H2,1-4H3,(H,27,30). The molecular formula is C24H25ClN4O3S. The van der Waals surface area contributed by atoms with Gasteiger partial charge in [0.2, 0.25) is 5.91 Å². The molecule has 2 amide bonds. The quantitative estimate of drug-likeness (QED) is 0.454. The fourth-order valence-corrected chi connectivity index (χ4v) is 4.38. The normalized spacial score (nSPS) is 14.9. The van der Waals surface area contributed by atoms with E-state index in [2.05, 4.69) is 5.32 Å². The molecule has 2 aromatic rings. The van der Waals surface area contributed by atoms with E-state index in [4.69, 9.17) is 28.6 Å². The number of benzene rings is 2. The Hall–Kier alpha value is -3.15. The molecule has 0 bridgehead atoms. The number of nitriles is 1. The van der Waals surface area contributed by atoms with Crippen LogP contribution in [-0.2, 0) is 9.59 Å². The van der Waals surface area contributed by atoms with E-state index in [-0.39, 0.29) is 11.8 Å². The molecule has 1 saturated heterocycles. The summed E-state index contributed by atoms with van der Waals surface area (Å²) in [5, 5.41) is 12.6. The van der Waals surface area contributed by atoms with E-state index < -0.39 is 5.54 Å². The second-order valence-corrected chi connectivity index (χ2v) is 8.97. The molecule has 0 radical (unpaired) electrons. The summed E-state index contributed by atoms with van der Waals surface area (Å²) in [4.78, 5) is 27.8. The third-order valence-electron chi connectivity index (χ3n) is 5.51. The highest BCUT2D eigenvalue weighted by atomic mass is 35.5.